The lowest BCUT2D eigenvalue weighted by atomic mass is 10.0. The van der Waals surface area contributed by atoms with Crippen LogP contribution in [0.5, 0.6) is 0 Å². The van der Waals surface area contributed by atoms with Crippen molar-refractivity contribution in [1.29, 1.82) is 0 Å². The van der Waals surface area contributed by atoms with E-state index in [2.05, 4.69) is 10.6 Å². The van der Waals surface area contributed by atoms with Crippen molar-refractivity contribution in [1.82, 2.24) is 15.5 Å². The highest BCUT2D eigenvalue weighted by atomic mass is 19.1. The fraction of sp³-hybridized carbons (Fsp3) is 0.355. The van der Waals surface area contributed by atoms with Crippen molar-refractivity contribution in [3.8, 4) is 11.1 Å². The van der Waals surface area contributed by atoms with Crippen molar-refractivity contribution < 1.29 is 23.5 Å². The molecule has 1 aliphatic carbocycles. The first kappa shape index (κ1) is 27.0. The number of ether oxygens (including phenoxy) is 2. The van der Waals surface area contributed by atoms with Crippen molar-refractivity contribution in [2.24, 2.45) is 0 Å². The first-order valence-electron chi connectivity index (χ1n) is 13.5. The molecular formula is C31H34FN3O4. The summed E-state index contributed by atoms with van der Waals surface area (Å²) < 4.78 is 24.4. The Morgan fingerprint density at radius 2 is 1.64 bits per heavy atom. The van der Waals surface area contributed by atoms with Crippen LogP contribution in [0.3, 0.4) is 0 Å². The number of hydrogen-bond acceptors (Lipinski definition) is 5. The number of hydrogen-bond donors (Lipinski definition) is 2. The largest absolute Gasteiger partial charge is 0.378 e. The SMILES string of the molecule is O=C(N[C@@H](COCCNC1C[C@H]1c1ccc(F)cc1)C(=O)N1CCOCC1)c1ccc(-c2ccccc2)cc1. The van der Waals surface area contributed by atoms with Crippen LogP contribution in [-0.2, 0) is 14.3 Å². The van der Waals surface area contributed by atoms with Crippen LogP contribution in [-0.4, -0.2) is 74.9 Å². The summed E-state index contributed by atoms with van der Waals surface area (Å²) in [6.45, 7) is 3.05. The first-order valence-corrected chi connectivity index (χ1v) is 13.5. The summed E-state index contributed by atoms with van der Waals surface area (Å²) in [4.78, 5) is 28.0. The van der Waals surface area contributed by atoms with Gasteiger partial charge in [0.15, 0.2) is 0 Å². The Bertz CT molecular complexity index is 1230. The molecule has 0 radical (unpaired) electrons. The summed E-state index contributed by atoms with van der Waals surface area (Å²) >= 11 is 0. The van der Waals surface area contributed by atoms with Crippen LogP contribution < -0.4 is 10.6 Å². The van der Waals surface area contributed by atoms with Gasteiger partial charge in [0.2, 0.25) is 5.91 Å². The quantitative estimate of drug-likeness (QED) is 0.370. The summed E-state index contributed by atoms with van der Waals surface area (Å²) in [5.74, 6) is -0.328. The molecule has 1 saturated carbocycles. The molecule has 3 aromatic carbocycles. The van der Waals surface area contributed by atoms with Crippen LogP contribution in [0.15, 0.2) is 78.9 Å². The summed E-state index contributed by atoms with van der Waals surface area (Å²) in [7, 11) is 0. The van der Waals surface area contributed by atoms with Crippen molar-refractivity contribution in [3.63, 3.8) is 0 Å². The number of benzene rings is 3. The van der Waals surface area contributed by atoms with Crippen LogP contribution >= 0.6 is 0 Å². The third-order valence-electron chi connectivity index (χ3n) is 7.21. The number of carbonyl (C=O) groups excluding carboxylic acids is 2. The molecule has 2 fully saturated rings. The Labute approximate surface area is 228 Å². The molecule has 3 atom stereocenters. The maximum Gasteiger partial charge on any atom is 0.251 e. The van der Waals surface area contributed by atoms with Gasteiger partial charge in [0.25, 0.3) is 5.91 Å². The van der Waals surface area contributed by atoms with Gasteiger partial charge in [-0.1, -0.05) is 54.6 Å². The van der Waals surface area contributed by atoms with E-state index in [1.54, 1.807) is 17.0 Å². The Kier molecular flexibility index (Phi) is 8.98. The zero-order valence-corrected chi connectivity index (χ0v) is 21.9. The van der Waals surface area contributed by atoms with Gasteiger partial charge in [0.05, 0.1) is 26.4 Å². The molecule has 1 aliphatic heterocycles. The van der Waals surface area contributed by atoms with Crippen LogP contribution in [0.25, 0.3) is 11.1 Å². The highest BCUT2D eigenvalue weighted by Crippen LogP contribution is 2.40. The zero-order chi connectivity index (χ0) is 27.0. The Morgan fingerprint density at radius 1 is 0.949 bits per heavy atom. The van der Waals surface area contributed by atoms with Gasteiger partial charge in [0, 0.05) is 37.2 Å². The second kappa shape index (κ2) is 13.0. The van der Waals surface area contributed by atoms with Gasteiger partial charge in [-0.3, -0.25) is 9.59 Å². The van der Waals surface area contributed by atoms with E-state index >= 15 is 0 Å². The van der Waals surface area contributed by atoms with E-state index in [9.17, 15) is 14.0 Å². The van der Waals surface area contributed by atoms with Gasteiger partial charge >= 0.3 is 0 Å². The van der Waals surface area contributed by atoms with E-state index in [-0.39, 0.29) is 24.2 Å². The molecule has 1 unspecified atom stereocenters. The van der Waals surface area contributed by atoms with Crippen molar-refractivity contribution >= 4 is 11.8 Å². The van der Waals surface area contributed by atoms with Gasteiger partial charge in [0.1, 0.15) is 11.9 Å². The number of carbonyl (C=O) groups is 2. The Balaban J connectivity index is 1.13. The number of rotatable bonds is 11. The maximum atomic E-state index is 13.2. The van der Waals surface area contributed by atoms with Crippen LogP contribution in [0.4, 0.5) is 4.39 Å². The smallest absolute Gasteiger partial charge is 0.251 e. The normalized spacial score (nSPS) is 19.4. The zero-order valence-electron chi connectivity index (χ0n) is 21.9. The third-order valence-corrected chi connectivity index (χ3v) is 7.21. The maximum absolute atomic E-state index is 13.2. The third kappa shape index (κ3) is 7.29. The Morgan fingerprint density at radius 3 is 2.36 bits per heavy atom. The predicted molar refractivity (Wildman–Crippen MR) is 147 cm³/mol. The van der Waals surface area contributed by atoms with Crippen molar-refractivity contribution in [3.05, 3.63) is 95.8 Å². The predicted octanol–water partition coefficient (Wildman–Crippen LogP) is 3.61. The van der Waals surface area contributed by atoms with E-state index in [0.29, 0.717) is 57.0 Å². The van der Waals surface area contributed by atoms with Crippen molar-refractivity contribution in [2.75, 3.05) is 46.1 Å². The highest BCUT2D eigenvalue weighted by Gasteiger charge is 2.37. The molecule has 1 heterocycles. The Hall–Kier alpha value is -3.59. The standard InChI is InChI=1S/C31H34FN3O4/c32-26-12-10-24(11-13-26)27-20-28(27)33-14-17-39-21-29(31(37)35-15-18-38-19-16-35)34-30(36)25-8-6-23(7-9-25)22-4-2-1-3-5-22/h1-13,27-29,33H,14-21H2,(H,34,36)/t27-,28?,29-/m0/s1. The van der Waals surface area contributed by atoms with E-state index in [0.717, 1.165) is 23.1 Å². The molecule has 0 aromatic heterocycles. The molecule has 1 saturated heterocycles. The molecule has 2 N–H and O–H groups in total. The summed E-state index contributed by atoms with van der Waals surface area (Å²) in [5.41, 5.74) is 3.70. The average molecular weight is 532 g/mol. The lowest BCUT2D eigenvalue weighted by molar-refractivity contribution is -0.138. The molecule has 0 bridgehead atoms. The molecule has 5 rings (SSSR count). The summed E-state index contributed by atoms with van der Waals surface area (Å²) in [6.07, 6.45) is 1.00. The molecule has 204 valence electrons. The number of amides is 2. The fourth-order valence-electron chi connectivity index (χ4n) is 4.88. The topological polar surface area (TPSA) is 79.9 Å². The summed E-state index contributed by atoms with van der Waals surface area (Å²) in [6, 6.07) is 23.5. The molecule has 7 nitrogen and oxygen atoms in total. The molecule has 2 amide bonds. The van der Waals surface area contributed by atoms with Gasteiger partial charge in [-0.15, -0.1) is 0 Å². The van der Waals surface area contributed by atoms with Crippen LogP contribution in [0, 0.1) is 5.82 Å². The molecule has 0 spiro atoms. The van der Waals surface area contributed by atoms with E-state index in [4.69, 9.17) is 9.47 Å². The van der Waals surface area contributed by atoms with Crippen molar-refractivity contribution in [2.45, 2.75) is 24.4 Å². The second-order valence-corrected chi connectivity index (χ2v) is 9.94. The molecular weight excluding hydrogens is 497 g/mol. The minimum Gasteiger partial charge on any atom is -0.378 e. The van der Waals surface area contributed by atoms with Crippen LogP contribution in [0.1, 0.15) is 28.3 Å². The lowest BCUT2D eigenvalue weighted by Gasteiger charge is -2.30. The molecule has 39 heavy (non-hydrogen) atoms. The second-order valence-electron chi connectivity index (χ2n) is 9.94. The molecule has 2 aliphatic rings. The number of morpholine rings is 1. The van der Waals surface area contributed by atoms with E-state index in [1.807, 2.05) is 54.6 Å². The number of nitrogens with one attached hydrogen (secondary N) is 2. The molecule has 8 heteroatoms. The van der Waals surface area contributed by atoms with E-state index < -0.39 is 6.04 Å². The van der Waals surface area contributed by atoms with Crippen LogP contribution in [0.2, 0.25) is 0 Å². The summed E-state index contributed by atoms with van der Waals surface area (Å²) in [5, 5.41) is 6.34. The highest BCUT2D eigenvalue weighted by molar-refractivity contribution is 5.98. The molecule has 3 aromatic rings. The minimum atomic E-state index is -0.794. The monoisotopic (exact) mass is 531 g/mol. The van der Waals surface area contributed by atoms with Gasteiger partial charge in [-0.25, -0.2) is 4.39 Å². The van der Waals surface area contributed by atoms with Gasteiger partial charge < -0.3 is 25.0 Å². The van der Waals surface area contributed by atoms with E-state index in [1.165, 1.54) is 12.1 Å². The number of nitrogens with zero attached hydrogens (tertiary/aromatic N) is 1. The first-order chi connectivity index (χ1) is 19.1. The lowest BCUT2D eigenvalue weighted by Crippen LogP contribution is -2.53. The van der Waals surface area contributed by atoms with Gasteiger partial charge in [-0.05, 0) is 47.4 Å². The number of halogens is 1. The minimum absolute atomic E-state index is 0.0811. The fourth-order valence-corrected chi connectivity index (χ4v) is 4.88. The van der Waals surface area contributed by atoms with Gasteiger partial charge in [-0.2, -0.15) is 0 Å². The average Bonchev–Trinajstić information content (AvgIpc) is 3.77.